The van der Waals surface area contributed by atoms with Crippen LogP contribution in [0, 0.1) is 11.6 Å². The predicted octanol–water partition coefficient (Wildman–Crippen LogP) is 3.43. The molecule has 0 spiro atoms. The zero-order chi connectivity index (χ0) is 22.8. The number of anilines is 1. The minimum absolute atomic E-state index is 0.0586. The lowest BCUT2D eigenvalue weighted by Crippen LogP contribution is -2.50. The van der Waals surface area contributed by atoms with Crippen molar-refractivity contribution in [3.8, 4) is 17.1 Å². The second-order valence-corrected chi connectivity index (χ2v) is 7.55. The first-order valence-corrected chi connectivity index (χ1v) is 10.0. The van der Waals surface area contributed by atoms with Crippen molar-refractivity contribution in [1.82, 2.24) is 9.88 Å². The van der Waals surface area contributed by atoms with E-state index in [0.29, 0.717) is 11.4 Å². The second-order valence-electron chi connectivity index (χ2n) is 7.55. The molecule has 9 heteroatoms. The third-order valence-electron chi connectivity index (χ3n) is 5.09. The van der Waals surface area contributed by atoms with Crippen LogP contribution in [0.1, 0.15) is 12.3 Å². The second kappa shape index (κ2) is 8.78. The molecule has 1 atom stereocenters. The van der Waals surface area contributed by atoms with Gasteiger partial charge in [0.05, 0.1) is 24.0 Å². The molecule has 0 bridgehead atoms. The molecule has 7 nitrogen and oxygen atoms in total. The number of halogens is 2. The predicted molar refractivity (Wildman–Crippen MR) is 112 cm³/mol. The fourth-order valence-corrected chi connectivity index (χ4v) is 3.48. The van der Waals surface area contributed by atoms with E-state index in [1.165, 1.54) is 22.1 Å². The number of carbonyl (C=O) groups is 2. The monoisotopic (exact) mass is 441 g/mol. The van der Waals surface area contributed by atoms with Crippen molar-refractivity contribution >= 4 is 17.5 Å². The Morgan fingerprint density at radius 3 is 2.72 bits per heavy atom. The van der Waals surface area contributed by atoms with E-state index in [1.54, 1.807) is 38.4 Å². The van der Waals surface area contributed by atoms with Crippen LogP contribution in [0.15, 0.2) is 53.1 Å². The Morgan fingerprint density at radius 2 is 1.97 bits per heavy atom. The Bertz CT molecular complexity index is 1160. The van der Waals surface area contributed by atoms with Crippen LogP contribution in [-0.4, -0.2) is 48.4 Å². The lowest BCUT2D eigenvalue weighted by Gasteiger charge is -2.35. The highest BCUT2D eigenvalue weighted by Crippen LogP contribution is 2.34. The van der Waals surface area contributed by atoms with E-state index in [-0.39, 0.29) is 48.4 Å². The van der Waals surface area contributed by atoms with Crippen LogP contribution < -0.4 is 9.64 Å². The van der Waals surface area contributed by atoms with Crippen LogP contribution in [0.4, 0.5) is 14.5 Å². The first-order valence-electron chi connectivity index (χ1n) is 10.0. The molecule has 0 fully saturated rings. The van der Waals surface area contributed by atoms with Crippen LogP contribution in [-0.2, 0) is 16.0 Å². The number of hydrogen-bond donors (Lipinski definition) is 0. The molecular formula is C23H21F2N3O4. The molecule has 0 aliphatic carbocycles. The highest BCUT2D eigenvalue weighted by Gasteiger charge is 2.34. The molecule has 0 radical (unpaired) electrons. The normalized spacial score (nSPS) is 15.1. The van der Waals surface area contributed by atoms with Crippen molar-refractivity contribution in [2.45, 2.75) is 18.9 Å². The van der Waals surface area contributed by atoms with Crippen molar-refractivity contribution in [3.05, 3.63) is 66.2 Å². The van der Waals surface area contributed by atoms with Crippen LogP contribution in [0.2, 0.25) is 0 Å². The number of aromatic nitrogens is 1. The molecule has 2 heterocycles. The lowest BCUT2D eigenvalue weighted by atomic mass is 10.1. The molecule has 32 heavy (non-hydrogen) atoms. The molecule has 4 rings (SSSR count). The summed E-state index contributed by atoms with van der Waals surface area (Å²) in [5.41, 5.74) is 0.672. The number of amides is 2. The van der Waals surface area contributed by atoms with Gasteiger partial charge in [-0.2, -0.15) is 0 Å². The zero-order valence-electron chi connectivity index (χ0n) is 17.5. The Kier molecular flexibility index (Phi) is 5.89. The van der Waals surface area contributed by atoms with Gasteiger partial charge >= 0.3 is 0 Å². The van der Waals surface area contributed by atoms with Crippen molar-refractivity contribution in [2.75, 3.05) is 25.5 Å². The van der Waals surface area contributed by atoms with Crippen molar-refractivity contribution in [2.24, 2.45) is 0 Å². The number of nitrogens with zero attached hydrogens (tertiary/aromatic N) is 3. The van der Waals surface area contributed by atoms with Crippen molar-refractivity contribution < 1.29 is 27.5 Å². The standard InChI is InChI=1S/C23H21F2N3O4/c1-27(2)23(30)20-13-28(17-5-3-4-6-18(17)31-20)22(29)10-9-21-26-12-19(32-21)15-8-7-14(24)11-16(15)25/h3-8,11-12,20H,9-10,13H2,1-2H3/t20-/m0/s1. The van der Waals surface area contributed by atoms with Crippen LogP contribution in [0.5, 0.6) is 5.75 Å². The van der Waals surface area contributed by atoms with E-state index < -0.39 is 17.7 Å². The number of rotatable bonds is 5. The third kappa shape index (κ3) is 4.32. The van der Waals surface area contributed by atoms with E-state index >= 15 is 0 Å². The van der Waals surface area contributed by atoms with Gasteiger partial charge < -0.3 is 19.0 Å². The van der Waals surface area contributed by atoms with Gasteiger partial charge in [-0.1, -0.05) is 12.1 Å². The maximum atomic E-state index is 14.0. The third-order valence-corrected chi connectivity index (χ3v) is 5.09. The van der Waals surface area contributed by atoms with Gasteiger partial charge in [0.25, 0.3) is 5.91 Å². The maximum absolute atomic E-state index is 14.0. The van der Waals surface area contributed by atoms with Crippen LogP contribution >= 0.6 is 0 Å². The SMILES string of the molecule is CN(C)C(=O)[C@@H]1CN(C(=O)CCc2ncc(-c3ccc(F)cc3F)o2)c2ccccc2O1. The molecule has 1 aliphatic heterocycles. The van der Waals surface area contributed by atoms with Gasteiger partial charge in [-0.05, 0) is 24.3 Å². The number of para-hydroxylation sites is 2. The summed E-state index contributed by atoms with van der Waals surface area (Å²) in [5, 5.41) is 0. The highest BCUT2D eigenvalue weighted by molar-refractivity contribution is 5.97. The Labute approximate surface area is 183 Å². The molecule has 0 N–H and O–H groups in total. The van der Waals surface area contributed by atoms with Crippen molar-refractivity contribution in [1.29, 1.82) is 0 Å². The summed E-state index contributed by atoms with van der Waals surface area (Å²) < 4.78 is 38.4. The van der Waals surface area contributed by atoms with Gasteiger partial charge in [0, 0.05) is 33.0 Å². The molecule has 3 aromatic rings. The minimum atomic E-state index is -0.807. The average molecular weight is 441 g/mol. The number of oxazole rings is 1. The van der Waals surface area contributed by atoms with Gasteiger partial charge in [0.2, 0.25) is 5.91 Å². The van der Waals surface area contributed by atoms with Gasteiger partial charge in [0.1, 0.15) is 17.4 Å². The van der Waals surface area contributed by atoms with E-state index in [2.05, 4.69) is 4.98 Å². The molecule has 1 aliphatic rings. The molecule has 2 amide bonds. The molecule has 1 aromatic heterocycles. The van der Waals surface area contributed by atoms with E-state index in [1.807, 2.05) is 0 Å². The summed E-state index contributed by atoms with van der Waals surface area (Å²) in [6.07, 6.45) is 0.765. The number of benzene rings is 2. The molecular weight excluding hydrogens is 420 g/mol. The van der Waals surface area contributed by atoms with E-state index in [4.69, 9.17) is 9.15 Å². The quantitative estimate of drug-likeness (QED) is 0.606. The number of hydrogen-bond acceptors (Lipinski definition) is 5. The van der Waals surface area contributed by atoms with Gasteiger partial charge in [-0.3, -0.25) is 9.59 Å². The smallest absolute Gasteiger partial charge is 0.265 e. The lowest BCUT2D eigenvalue weighted by molar-refractivity contribution is -0.136. The van der Waals surface area contributed by atoms with Crippen LogP contribution in [0.25, 0.3) is 11.3 Å². The molecule has 0 unspecified atom stereocenters. The highest BCUT2D eigenvalue weighted by atomic mass is 19.1. The largest absolute Gasteiger partial charge is 0.476 e. The summed E-state index contributed by atoms with van der Waals surface area (Å²) in [6.45, 7) is 0.0878. The number of ether oxygens (including phenoxy) is 1. The molecule has 0 saturated heterocycles. The topological polar surface area (TPSA) is 75.9 Å². The summed E-state index contributed by atoms with van der Waals surface area (Å²) in [7, 11) is 3.25. The first kappa shape index (κ1) is 21.5. The van der Waals surface area contributed by atoms with Gasteiger partial charge in [0.15, 0.2) is 17.8 Å². The summed E-state index contributed by atoms with van der Waals surface area (Å²) in [6, 6.07) is 10.2. The molecule has 166 valence electrons. The number of aryl methyl sites for hydroxylation is 1. The fraction of sp³-hybridized carbons (Fsp3) is 0.261. The summed E-state index contributed by atoms with van der Waals surface area (Å²) in [4.78, 5) is 32.5. The zero-order valence-corrected chi connectivity index (χ0v) is 17.5. The summed E-state index contributed by atoms with van der Waals surface area (Å²) >= 11 is 0. The molecule has 0 saturated carbocycles. The maximum Gasteiger partial charge on any atom is 0.265 e. The Hall–Kier alpha value is -3.75. The van der Waals surface area contributed by atoms with E-state index in [0.717, 1.165) is 12.1 Å². The number of fused-ring (bicyclic) bond motifs is 1. The fourth-order valence-electron chi connectivity index (χ4n) is 3.48. The number of likely N-dealkylation sites (N-methyl/N-ethyl adjacent to an activating group) is 1. The Morgan fingerprint density at radius 1 is 1.19 bits per heavy atom. The summed E-state index contributed by atoms with van der Waals surface area (Å²) in [5.74, 6) is -1.06. The van der Waals surface area contributed by atoms with E-state index in [9.17, 15) is 18.4 Å². The minimum Gasteiger partial charge on any atom is -0.476 e. The van der Waals surface area contributed by atoms with Crippen molar-refractivity contribution in [3.63, 3.8) is 0 Å². The Balaban J connectivity index is 1.48. The van der Waals surface area contributed by atoms with Gasteiger partial charge in [-0.25, -0.2) is 13.8 Å². The average Bonchev–Trinajstić information content (AvgIpc) is 3.24. The van der Waals surface area contributed by atoms with Crippen LogP contribution in [0.3, 0.4) is 0 Å². The first-order chi connectivity index (χ1) is 15.3. The number of carbonyl (C=O) groups excluding carboxylic acids is 2. The van der Waals surface area contributed by atoms with Gasteiger partial charge in [-0.15, -0.1) is 0 Å². The molecule has 2 aromatic carbocycles.